The van der Waals surface area contributed by atoms with E-state index in [1.54, 1.807) is 16.7 Å². The van der Waals surface area contributed by atoms with Gasteiger partial charge in [-0.15, -0.1) is 0 Å². The van der Waals surface area contributed by atoms with E-state index in [1.807, 2.05) is 6.92 Å². The number of fused-ring (bicyclic) bond motifs is 3. The van der Waals surface area contributed by atoms with Crippen LogP contribution in [0.3, 0.4) is 0 Å². The Morgan fingerprint density at radius 3 is 2.68 bits per heavy atom. The average molecular weight is 475 g/mol. The molecule has 5 rings (SSSR count). The Bertz CT molecular complexity index is 1190. The molecule has 2 bridgehead atoms. The van der Waals surface area contributed by atoms with Crippen molar-refractivity contribution in [3.63, 3.8) is 0 Å². The smallest absolute Gasteiger partial charge is 0.454 e. The molecule has 0 radical (unpaired) electrons. The fourth-order valence-corrected chi connectivity index (χ4v) is 5.49. The summed E-state index contributed by atoms with van der Waals surface area (Å²) in [4.78, 5) is 18.6. The second-order valence-electron chi connectivity index (χ2n) is 9.34. The molecule has 1 aromatic carbocycles. The zero-order valence-electron chi connectivity index (χ0n) is 18.6. The Kier molecular flexibility index (Phi) is 5.83. The molecule has 34 heavy (non-hydrogen) atoms. The maximum Gasteiger partial charge on any atom is 0.454 e. The predicted molar refractivity (Wildman–Crippen MR) is 118 cm³/mol. The number of carbonyl (C=O) groups excluding carboxylic acids is 1. The summed E-state index contributed by atoms with van der Waals surface area (Å²) in [6.07, 6.45) is 0.885. The molecule has 5 nitrogen and oxygen atoms in total. The van der Waals surface area contributed by atoms with Gasteiger partial charge in [-0.3, -0.25) is 9.69 Å². The summed E-state index contributed by atoms with van der Waals surface area (Å²) in [5.41, 5.74) is 0.0145. The zero-order valence-corrected chi connectivity index (χ0v) is 18.6. The van der Waals surface area contributed by atoms with E-state index in [0.29, 0.717) is 24.0 Å². The van der Waals surface area contributed by atoms with Gasteiger partial charge in [-0.25, -0.2) is 9.37 Å². The number of ketones is 1. The lowest BCUT2D eigenvalue weighted by Gasteiger charge is -2.27. The first kappa shape index (κ1) is 22.8. The minimum absolute atomic E-state index is 0.0292. The van der Waals surface area contributed by atoms with Crippen LogP contribution in [0.1, 0.15) is 36.5 Å². The van der Waals surface area contributed by atoms with Gasteiger partial charge in [0.15, 0.2) is 0 Å². The van der Waals surface area contributed by atoms with Gasteiger partial charge in [-0.05, 0) is 55.2 Å². The molecule has 9 heteroatoms. The fraction of sp³-hybridized carbons (Fsp3) is 0.440. The highest BCUT2D eigenvalue weighted by atomic mass is 19.4. The van der Waals surface area contributed by atoms with Crippen molar-refractivity contribution in [1.29, 1.82) is 0 Å². The quantitative estimate of drug-likeness (QED) is 0.346. The monoisotopic (exact) mass is 475 g/mol. The molecular weight excluding hydrogens is 450 g/mol. The summed E-state index contributed by atoms with van der Waals surface area (Å²) in [5.74, 6) is -1.39. The van der Waals surface area contributed by atoms with Crippen LogP contribution < -0.4 is 4.74 Å². The van der Waals surface area contributed by atoms with Crippen molar-refractivity contribution in [1.82, 2.24) is 14.5 Å². The molecule has 4 atom stereocenters. The van der Waals surface area contributed by atoms with Crippen molar-refractivity contribution in [3.8, 4) is 5.75 Å². The number of halogens is 4. The van der Waals surface area contributed by atoms with E-state index in [-0.39, 0.29) is 34.8 Å². The summed E-state index contributed by atoms with van der Waals surface area (Å²) >= 11 is 0. The summed E-state index contributed by atoms with van der Waals surface area (Å²) in [6.45, 7) is 3.25. The molecule has 4 unspecified atom stereocenters. The van der Waals surface area contributed by atoms with Gasteiger partial charge in [-0.1, -0.05) is 6.92 Å². The molecule has 3 aromatic rings. The second kappa shape index (κ2) is 8.69. The number of Topliss-reactive ketones (excluding diaryl/α,β-unsaturated/α-hetero) is 1. The second-order valence-corrected chi connectivity index (χ2v) is 9.34. The molecule has 180 valence electrons. The fourth-order valence-electron chi connectivity index (χ4n) is 5.49. The van der Waals surface area contributed by atoms with Gasteiger partial charge in [-0.2, -0.15) is 13.2 Å². The molecule has 2 aliphatic rings. The molecule has 2 fully saturated rings. The van der Waals surface area contributed by atoms with Crippen LogP contribution in [-0.2, 0) is 6.54 Å². The van der Waals surface area contributed by atoms with Crippen molar-refractivity contribution in [2.24, 2.45) is 5.92 Å². The Balaban J connectivity index is 1.29. The van der Waals surface area contributed by atoms with Crippen LogP contribution in [0, 0.1) is 11.7 Å². The van der Waals surface area contributed by atoms with Crippen LogP contribution >= 0.6 is 0 Å². The molecule has 2 saturated heterocycles. The maximum atomic E-state index is 13.2. The van der Waals surface area contributed by atoms with Crippen molar-refractivity contribution >= 4 is 16.8 Å². The highest BCUT2D eigenvalue weighted by molar-refractivity contribution is 6.10. The Hall–Kier alpha value is -2.94. The number of rotatable bonds is 7. The Morgan fingerprint density at radius 1 is 1.18 bits per heavy atom. The van der Waals surface area contributed by atoms with Crippen molar-refractivity contribution in [2.45, 2.75) is 57.1 Å². The largest absolute Gasteiger partial charge is 0.489 e. The summed E-state index contributed by atoms with van der Waals surface area (Å²) < 4.78 is 60.3. The van der Waals surface area contributed by atoms with Crippen molar-refractivity contribution in [2.75, 3.05) is 6.54 Å². The SMILES string of the molecule is CC(CN1C2CCC1C(Oc1ccc(F)cc1)C2)Cn1cc(C(=O)C(F)(F)F)c2cccnc21. The van der Waals surface area contributed by atoms with Gasteiger partial charge >= 0.3 is 6.18 Å². The van der Waals surface area contributed by atoms with E-state index in [1.165, 1.54) is 36.7 Å². The van der Waals surface area contributed by atoms with Gasteiger partial charge < -0.3 is 9.30 Å². The van der Waals surface area contributed by atoms with E-state index in [9.17, 15) is 22.4 Å². The molecule has 0 spiro atoms. The van der Waals surface area contributed by atoms with Crippen LogP contribution in [0.5, 0.6) is 5.75 Å². The normalized spacial score (nSPS) is 23.5. The molecule has 0 aliphatic carbocycles. The van der Waals surface area contributed by atoms with Gasteiger partial charge in [0.2, 0.25) is 0 Å². The lowest BCUT2D eigenvalue weighted by molar-refractivity contribution is -0.0884. The van der Waals surface area contributed by atoms with Gasteiger partial charge in [0.05, 0.1) is 5.56 Å². The first-order chi connectivity index (χ1) is 16.2. The summed E-state index contributed by atoms with van der Waals surface area (Å²) in [7, 11) is 0. The van der Waals surface area contributed by atoms with Crippen molar-refractivity contribution < 1.29 is 27.1 Å². The van der Waals surface area contributed by atoms with Crippen LogP contribution in [0.25, 0.3) is 11.0 Å². The average Bonchev–Trinajstić information content (AvgIpc) is 3.45. The van der Waals surface area contributed by atoms with Crippen LogP contribution in [-0.4, -0.2) is 51.1 Å². The molecule has 0 saturated carbocycles. The molecule has 2 aliphatic heterocycles. The van der Waals surface area contributed by atoms with E-state index in [4.69, 9.17) is 4.74 Å². The van der Waals surface area contributed by atoms with Gasteiger partial charge in [0, 0.05) is 49.4 Å². The number of hydrogen-bond donors (Lipinski definition) is 0. The number of carbonyl (C=O) groups is 1. The van der Waals surface area contributed by atoms with Gasteiger partial charge in [0.1, 0.15) is 23.3 Å². The molecule has 0 amide bonds. The van der Waals surface area contributed by atoms with E-state index >= 15 is 0 Å². The number of nitrogens with zero attached hydrogens (tertiary/aromatic N) is 3. The van der Waals surface area contributed by atoms with Gasteiger partial charge in [0.25, 0.3) is 5.78 Å². The third kappa shape index (κ3) is 4.29. The number of aromatic nitrogens is 2. The van der Waals surface area contributed by atoms with Crippen LogP contribution in [0.15, 0.2) is 48.8 Å². The zero-order chi connectivity index (χ0) is 24.0. The van der Waals surface area contributed by atoms with E-state index in [0.717, 1.165) is 25.8 Å². The molecular formula is C25H25F4N3O2. The van der Waals surface area contributed by atoms with Crippen molar-refractivity contribution in [3.05, 3.63) is 60.2 Å². The molecule has 4 heterocycles. The Morgan fingerprint density at radius 2 is 1.94 bits per heavy atom. The number of pyridine rings is 1. The minimum Gasteiger partial charge on any atom is -0.489 e. The lowest BCUT2D eigenvalue weighted by Crippen LogP contribution is -2.38. The minimum atomic E-state index is -4.94. The summed E-state index contributed by atoms with van der Waals surface area (Å²) in [5, 5.41) is 0.214. The third-order valence-electron chi connectivity index (χ3n) is 6.89. The standard InChI is InChI=1S/C25H25F4N3O2/c1-15(12-31-14-20(23(33)25(27,28)29)19-3-2-10-30-24(19)31)13-32-17-6-9-21(32)22(11-17)34-18-7-4-16(26)5-8-18/h2-5,7-8,10,14-15,17,21-22H,6,9,11-13H2,1H3. The highest BCUT2D eigenvalue weighted by Gasteiger charge is 2.47. The number of hydrogen-bond acceptors (Lipinski definition) is 4. The van der Waals surface area contributed by atoms with Crippen LogP contribution in [0.2, 0.25) is 0 Å². The maximum absolute atomic E-state index is 13.2. The number of benzene rings is 1. The number of alkyl halides is 3. The lowest BCUT2D eigenvalue weighted by atomic mass is 9.98. The Labute approximate surface area is 194 Å². The number of ether oxygens (including phenoxy) is 1. The first-order valence-corrected chi connectivity index (χ1v) is 11.4. The highest BCUT2D eigenvalue weighted by Crippen LogP contribution is 2.40. The molecule has 2 aromatic heterocycles. The molecule has 0 N–H and O–H groups in total. The van der Waals surface area contributed by atoms with E-state index < -0.39 is 12.0 Å². The third-order valence-corrected chi connectivity index (χ3v) is 6.89. The van der Waals surface area contributed by atoms with E-state index in [2.05, 4.69) is 9.88 Å². The van der Waals surface area contributed by atoms with Crippen LogP contribution in [0.4, 0.5) is 17.6 Å². The first-order valence-electron chi connectivity index (χ1n) is 11.4. The topological polar surface area (TPSA) is 47.4 Å². The summed E-state index contributed by atoms with van der Waals surface area (Å²) in [6, 6.07) is 9.72. The predicted octanol–water partition coefficient (Wildman–Crippen LogP) is 5.24.